The predicted molar refractivity (Wildman–Crippen MR) is 135 cm³/mol. The highest BCUT2D eigenvalue weighted by Crippen LogP contribution is 2.42. The average Bonchev–Trinajstić information content (AvgIpc) is 3.51. The molecule has 3 aromatic carbocycles. The van der Waals surface area contributed by atoms with Crippen LogP contribution >= 0.6 is 15.9 Å². The van der Waals surface area contributed by atoms with Gasteiger partial charge in [-0.15, -0.1) is 0 Å². The van der Waals surface area contributed by atoms with Gasteiger partial charge in [0.2, 0.25) is 0 Å². The van der Waals surface area contributed by atoms with Crippen LogP contribution in [-0.2, 0) is 16.1 Å². The molecule has 0 aromatic heterocycles. The van der Waals surface area contributed by atoms with Crippen LogP contribution in [0.25, 0.3) is 10.8 Å². The zero-order valence-electron chi connectivity index (χ0n) is 19.7. The SMILES string of the molecule is C[C@H]1O[C@@H]1CN(C(=O)OC(C)(C)C)c1cc(OCc2ccccc2)c2ccc(C#N)cc2c1Br. The first-order valence-electron chi connectivity index (χ1n) is 11.2. The molecule has 0 aliphatic carbocycles. The molecular weight excluding hydrogens is 496 g/mol. The number of carbonyl (C=O) groups is 1. The Kier molecular flexibility index (Phi) is 6.83. The van der Waals surface area contributed by atoms with E-state index in [0.29, 0.717) is 34.6 Å². The summed E-state index contributed by atoms with van der Waals surface area (Å²) in [5.74, 6) is 0.611. The third-order valence-corrected chi connectivity index (χ3v) is 6.32. The summed E-state index contributed by atoms with van der Waals surface area (Å²) in [4.78, 5) is 14.8. The summed E-state index contributed by atoms with van der Waals surface area (Å²) < 4.78 is 18.2. The van der Waals surface area contributed by atoms with Gasteiger partial charge in [0.25, 0.3) is 0 Å². The van der Waals surface area contributed by atoms with Crippen molar-refractivity contribution in [1.82, 2.24) is 0 Å². The van der Waals surface area contributed by atoms with Crippen molar-refractivity contribution in [1.29, 1.82) is 5.26 Å². The number of anilines is 1. The zero-order chi connectivity index (χ0) is 24.5. The Hall–Kier alpha value is -3.08. The highest BCUT2D eigenvalue weighted by Gasteiger charge is 2.39. The van der Waals surface area contributed by atoms with Gasteiger partial charge in [-0.05, 0) is 67.4 Å². The molecular formula is C27H27BrN2O4. The standard InChI is InChI=1S/C27H27BrN2O4/c1-17-24(33-17)15-30(26(31)34-27(2,3)4)22-13-23(32-16-18-8-6-5-7-9-18)20-11-10-19(14-29)12-21(20)25(22)28/h5-13,17,24H,15-16H2,1-4H3/t17-,24-/m1/s1. The molecule has 1 amide bonds. The molecule has 0 N–H and O–H groups in total. The van der Waals surface area contributed by atoms with Gasteiger partial charge in [0.15, 0.2) is 0 Å². The third-order valence-electron chi connectivity index (χ3n) is 5.48. The lowest BCUT2D eigenvalue weighted by Gasteiger charge is -2.28. The Morgan fingerprint density at radius 1 is 1.15 bits per heavy atom. The van der Waals surface area contributed by atoms with Crippen LogP contribution in [0.3, 0.4) is 0 Å². The van der Waals surface area contributed by atoms with Crippen LogP contribution in [0.2, 0.25) is 0 Å². The molecule has 1 aliphatic heterocycles. The molecule has 7 heteroatoms. The third kappa shape index (κ3) is 5.52. The van der Waals surface area contributed by atoms with Crippen LogP contribution < -0.4 is 9.64 Å². The molecule has 34 heavy (non-hydrogen) atoms. The Balaban J connectivity index is 1.80. The van der Waals surface area contributed by atoms with Crippen molar-refractivity contribution in [3.05, 3.63) is 70.2 Å². The smallest absolute Gasteiger partial charge is 0.414 e. The number of epoxide rings is 1. The summed E-state index contributed by atoms with van der Waals surface area (Å²) >= 11 is 3.69. The molecule has 6 nitrogen and oxygen atoms in total. The highest BCUT2D eigenvalue weighted by atomic mass is 79.9. The van der Waals surface area contributed by atoms with Gasteiger partial charge in [0.05, 0.1) is 30.0 Å². The molecule has 1 heterocycles. The maximum Gasteiger partial charge on any atom is 0.414 e. The monoisotopic (exact) mass is 522 g/mol. The molecule has 176 valence electrons. The normalized spacial score (nSPS) is 17.2. The maximum atomic E-state index is 13.3. The molecule has 3 aromatic rings. The molecule has 1 saturated heterocycles. The van der Waals surface area contributed by atoms with E-state index in [1.54, 1.807) is 17.0 Å². The van der Waals surface area contributed by atoms with E-state index < -0.39 is 11.7 Å². The van der Waals surface area contributed by atoms with E-state index in [0.717, 1.165) is 16.3 Å². The van der Waals surface area contributed by atoms with Gasteiger partial charge >= 0.3 is 6.09 Å². The summed E-state index contributed by atoms with van der Waals surface area (Å²) in [6.07, 6.45) is -0.474. The van der Waals surface area contributed by atoms with Crippen molar-refractivity contribution < 1.29 is 19.0 Å². The van der Waals surface area contributed by atoms with Crippen LogP contribution in [0.5, 0.6) is 5.75 Å². The minimum atomic E-state index is -0.657. The second kappa shape index (κ2) is 9.65. The summed E-state index contributed by atoms with van der Waals surface area (Å²) in [6, 6.07) is 19.3. The van der Waals surface area contributed by atoms with Gasteiger partial charge in [-0.2, -0.15) is 5.26 Å². The van der Waals surface area contributed by atoms with Crippen molar-refractivity contribution in [2.75, 3.05) is 11.4 Å². The second-order valence-corrected chi connectivity index (χ2v) is 10.1. The van der Waals surface area contributed by atoms with E-state index in [1.807, 2.05) is 70.2 Å². The molecule has 4 rings (SSSR count). The van der Waals surface area contributed by atoms with E-state index in [9.17, 15) is 10.1 Å². The van der Waals surface area contributed by atoms with Gasteiger partial charge in [-0.1, -0.05) is 30.3 Å². The number of nitrogens with zero attached hydrogens (tertiary/aromatic N) is 2. The minimum absolute atomic E-state index is 0.0724. The molecule has 1 aliphatic rings. The number of nitriles is 1. The van der Waals surface area contributed by atoms with Gasteiger partial charge in [-0.3, -0.25) is 4.90 Å². The first-order chi connectivity index (χ1) is 16.2. The van der Waals surface area contributed by atoms with Gasteiger partial charge in [0.1, 0.15) is 24.1 Å². The van der Waals surface area contributed by atoms with E-state index in [4.69, 9.17) is 14.2 Å². The van der Waals surface area contributed by atoms with Crippen LogP contribution in [-0.4, -0.2) is 30.4 Å². The Bertz CT molecular complexity index is 1250. The average molecular weight is 523 g/mol. The quantitative estimate of drug-likeness (QED) is 0.341. The van der Waals surface area contributed by atoms with Crippen molar-refractivity contribution in [2.24, 2.45) is 0 Å². The lowest BCUT2D eigenvalue weighted by molar-refractivity contribution is 0.0577. The van der Waals surface area contributed by atoms with Crippen molar-refractivity contribution in [3.63, 3.8) is 0 Å². The molecule has 2 atom stereocenters. The topological polar surface area (TPSA) is 75.1 Å². The second-order valence-electron chi connectivity index (χ2n) is 9.32. The fraction of sp³-hybridized carbons (Fsp3) is 0.333. The fourth-order valence-electron chi connectivity index (χ4n) is 3.65. The predicted octanol–water partition coefficient (Wildman–Crippen LogP) is 6.58. The van der Waals surface area contributed by atoms with E-state index in [-0.39, 0.29) is 12.2 Å². The van der Waals surface area contributed by atoms with Crippen LogP contribution in [0.1, 0.15) is 38.8 Å². The van der Waals surface area contributed by atoms with E-state index >= 15 is 0 Å². The molecule has 0 bridgehead atoms. The first kappa shape index (κ1) is 24.1. The fourth-order valence-corrected chi connectivity index (χ4v) is 4.31. The number of benzene rings is 3. The summed E-state index contributed by atoms with van der Waals surface area (Å²) in [6.45, 7) is 8.19. The molecule has 0 radical (unpaired) electrons. The number of amides is 1. The molecule has 0 unspecified atom stereocenters. The number of ether oxygens (including phenoxy) is 3. The highest BCUT2D eigenvalue weighted by molar-refractivity contribution is 9.10. The Labute approximate surface area is 208 Å². The lowest BCUT2D eigenvalue weighted by atomic mass is 10.0. The van der Waals surface area contributed by atoms with Gasteiger partial charge in [0, 0.05) is 21.3 Å². The van der Waals surface area contributed by atoms with Crippen LogP contribution in [0, 0.1) is 11.3 Å². The van der Waals surface area contributed by atoms with E-state index in [1.165, 1.54) is 0 Å². The van der Waals surface area contributed by atoms with Crippen molar-refractivity contribution in [2.45, 2.75) is 52.1 Å². The largest absolute Gasteiger partial charge is 0.488 e. The summed E-state index contributed by atoms with van der Waals surface area (Å²) in [7, 11) is 0. The summed E-state index contributed by atoms with van der Waals surface area (Å²) in [5.41, 5.74) is 1.48. The summed E-state index contributed by atoms with van der Waals surface area (Å²) in [5, 5.41) is 11.1. The minimum Gasteiger partial charge on any atom is -0.488 e. The van der Waals surface area contributed by atoms with Gasteiger partial charge < -0.3 is 14.2 Å². The molecule has 0 spiro atoms. The van der Waals surface area contributed by atoms with Crippen molar-refractivity contribution in [3.8, 4) is 11.8 Å². The van der Waals surface area contributed by atoms with Gasteiger partial charge in [-0.25, -0.2) is 4.79 Å². The van der Waals surface area contributed by atoms with Crippen LogP contribution in [0.4, 0.5) is 10.5 Å². The van der Waals surface area contributed by atoms with Crippen LogP contribution in [0.15, 0.2) is 59.1 Å². The number of carbonyl (C=O) groups excluding carboxylic acids is 1. The lowest BCUT2D eigenvalue weighted by Crippen LogP contribution is -2.39. The zero-order valence-corrected chi connectivity index (χ0v) is 21.3. The number of hydrogen-bond donors (Lipinski definition) is 0. The van der Waals surface area contributed by atoms with E-state index in [2.05, 4.69) is 22.0 Å². The molecule has 1 fully saturated rings. The van der Waals surface area contributed by atoms with Crippen molar-refractivity contribution >= 4 is 38.5 Å². The first-order valence-corrected chi connectivity index (χ1v) is 11.9. The molecule has 0 saturated carbocycles. The number of hydrogen-bond acceptors (Lipinski definition) is 5. The Morgan fingerprint density at radius 3 is 2.47 bits per heavy atom. The number of fused-ring (bicyclic) bond motifs is 1. The number of halogens is 1. The maximum absolute atomic E-state index is 13.3. The Morgan fingerprint density at radius 2 is 1.85 bits per heavy atom. The number of rotatable bonds is 6.